The Hall–Kier alpha value is -3.93. The van der Waals surface area contributed by atoms with E-state index < -0.39 is 0 Å². The molecule has 2 aromatic heterocycles. The van der Waals surface area contributed by atoms with E-state index in [2.05, 4.69) is 58.3 Å². The highest BCUT2D eigenvalue weighted by Gasteiger charge is 2.20. The maximum absolute atomic E-state index is 12.1. The first-order valence-electron chi connectivity index (χ1n) is 11.9. The van der Waals surface area contributed by atoms with Crippen LogP contribution in [0.3, 0.4) is 0 Å². The predicted molar refractivity (Wildman–Crippen MR) is 141 cm³/mol. The lowest BCUT2D eigenvalue weighted by Gasteiger charge is -2.26. The molecular weight excluding hydrogens is 436 g/mol. The first-order chi connectivity index (χ1) is 16.9. The van der Waals surface area contributed by atoms with Gasteiger partial charge in [0, 0.05) is 37.1 Å². The van der Waals surface area contributed by atoms with E-state index >= 15 is 0 Å². The molecule has 0 spiro atoms. The van der Waals surface area contributed by atoms with Gasteiger partial charge in [0.25, 0.3) is 0 Å². The fourth-order valence-corrected chi connectivity index (χ4v) is 4.04. The molecule has 0 bridgehead atoms. The summed E-state index contributed by atoms with van der Waals surface area (Å²) in [5.41, 5.74) is 8.43. The van der Waals surface area contributed by atoms with Gasteiger partial charge in [0.15, 0.2) is 0 Å². The average Bonchev–Trinajstić information content (AvgIpc) is 2.85. The predicted octanol–water partition coefficient (Wildman–Crippen LogP) is 6.25. The maximum Gasteiger partial charge on any atom is 0.410 e. The third kappa shape index (κ3) is 6.57. The minimum Gasteiger partial charge on any atom is -0.447 e. The molecule has 4 rings (SSSR count). The number of nitrogens with one attached hydrogen (secondary N) is 1. The first-order valence-corrected chi connectivity index (χ1v) is 11.9. The van der Waals surface area contributed by atoms with Crippen molar-refractivity contribution in [3.63, 3.8) is 0 Å². The zero-order valence-electron chi connectivity index (χ0n) is 20.6. The third-order valence-corrected chi connectivity index (χ3v) is 5.82. The van der Waals surface area contributed by atoms with Crippen molar-refractivity contribution >= 4 is 17.4 Å². The summed E-state index contributed by atoms with van der Waals surface area (Å²) in [4.78, 5) is 22.7. The van der Waals surface area contributed by atoms with Crippen molar-refractivity contribution in [2.75, 3.05) is 18.4 Å². The minimum atomic E-state index is -0.261. The van der Waals surface area contributed by atoms with Crippen LogP contribution in [0.25, 0.3) is 16.7 Å². The number of anilines is 1. The molecule has 35 heavy (non-hydrogen) atoms. The van der Waals surface area contributed by atoms with Crippen molar-refractivity contribution in [3.05, 3.63) is 96.2 Å². The molecule has 0 radical (unpaired) electrons. The molecule has 1 N–H and O–H groups in total. The number of aryl methyl sites for hydroxylation is 1. The van der Waals surface area contributed by atoms with Gasteiger partial charge in [-0.25, -0.2) is 4.79 Å². The van der Waals surface area contributed by atoms with Crippen molar-refractivity contribution in [3.8, 4) is 11.1 Å². The highest BCUT2D eigenvalue weighted by atomic mass is 16.6. The van der Waals surface area contributed by atoms with Crippen molar-refractivity contribution in [1.29, 1.82) is 0 Å². The van der Waals surface area contributed by atoms with Crippen LogP contribution in [-0.2, 0) is 11.2 Å². The van der Waals surface area contributed by atoms with E-state index in [-0.39, 0.29) is 12.2 Å². The SMILES string of the molecule is C=C(Cc1ccc(-c2ccnc(C)c2)cc1)Nc1ccc(C2=CCN(C(=O)OC(C)C)CC2)nc1. The lowest BCUT2D eigenvalue weighted by molar-refractivity contribution is 0.0799. The Bertz CT molecular complexity index is 1210. The maximum atomic E-state index is 12.1. The van der Waals surface area contributed by atoms with Gasteiger partial charge in [-0.1, -0.05) is 36.9 Å². The van der Waals surface area contributed by atoms with Gasteiger partial charge in [-0.05, 0) is 73.7 Å². The number of amides is 1. The molecule has 6 heteroatoms. The van der Waals surface area contributed by atoms with Crippen LogP contribution in [-0.4, -0.2) is 40.2 Å². The number of hydrogen-bond donors (Lipinski definition) is 1. The van der Waals surface area contributed by atoms with Gasteiger partial charge < -0.3 is 15.0 Å². The molecule has 1 aliphatic rings. The van der Waals surface area contributed by atoms with Crippen molar-refractivity contribution in [2.24, 2.45) is 0 Å². The Morgan fingerprint density at radius 1 is 1.11 bits per heavy atom. The van der Waals surface area contributed by atoms with E-state index in [9.17, 15) is 4.79 Å². The smallest absolute Gasteiger partial charge is 0.410 e. The number of rotatable bonds is 7. The Morgan fingerprint density at radius 2 is 1.91 bits per heavy atom. The molecule has 0 fully saturated rings. The second-order valence-corrected chi connectivity index (χ2v) is 9.08. The highest BCUT2D eigenvalue weighted by Crippen LogP contribution is 2.24. The fourth-order valence-electron chi connectivity index (χ4n) is 4.04. The number of nitrogens with zero attached hydrogens (tertiary/aromatic N) is 3. The normalized spacial score (nSPS) is 13.4. The molecule has 180 valence electrons. The number of benzene rings is 1. The van der Waals surface area contributed by atoms with Crippen LogP contribution in [0.1, 0.15) is 37.2 Å². The van der Waals surface area contributed by atoms with Crippen LogP contribution in [0.4, 0.5) is 10.5 Å². The summed E-state index contributed by atoms with van der Waals surface area (Å²) < 4.78 is 5.28. The summed E-state index contributed by atoms with van der Waals surface area (Å²) in [5, 5.41) is 3.36. The van der Waals surface area contributed by atoms with E-state index in [1.165, 1.54) is 16.7 Å². The largest absolute Gasteiger partial charge is 0.447 e. The number of carbonyl (C=O) groups is 1. The van der Waals surface area contributed by atoms with Gasteiger partial charge in [0.05, 0.1) is 23.7 Å². The molecular formula is C29H32N4O2. The molecule has 0 atom stereocenters. The number of carbonyl (C=O) groups excluding carboxylic acids is 1. The standard InChI is InChI=1S/C29H32N4O2/c1-20(2)35-29(34)33-15-12-25(13-16-33)28-10-9-27(19-31-28)32-22(4)17-23-5-7-24(8-6-23)26-11-14-30-21(3)18-26/h5-12,14,18-20,32H,4,13,15-17H2,1-3H3. The van der Waals surface area contributed by atoms with Crippen molar-refractivity contribution < 1.29 is 9.53 Å². The zero-order valence-corrected chi connectivity index (χ0v) is 20.6. The molecule has 0 aliphatic carbocycles. The van der Waals surface area contributed by atoms with Crippen LogP contribution in [0.15, 0.2) is 79.3 Å². The Morgan fingerprint density at radius 3 is 2.54 bits per heavy atom. The zero-order chi connectivity index (χ0) is 24.8. The van der Waals surface area contributed by atoms with Gasteiger partial charge >= 0.3 is 6.09 Å². The Balaban J connectivity index is 1.30. The molecule has 1 aliphatic heterocycles. The molecule has 6 nitrogen and oxygen atoms in total. The number of aromatic nitrogens is 2. The van der Waals surface area contributed by atoms with Gasteiger partial charge in [-0.15, -0.1) is 0 Å². The van der Waals surface area contributed by atoms with E-state index in [1.54, 1.807) is 4.90 Å². The summed E-state index contributed by atoms with van der Waals surface area (Å²) >= 11 is 0. The summed E-state index contributed by atoms with van der Waals surface area (Å²) in [6, 6.07) is 16.7. The fraction of sp³-hybridized carbons (Fsp3) is 0.276. The second kappa shape index (κ2) is 11.0. The summed E-state index contributed by atoms with van der Waals surface area (Å²) in [5.74, 6) is 0. The Labute approximate surface area is 207 Å². The minimum absolute atomic E-state index is 0.111. The summed E-state index contributed by atoms with van der Waals surface area (Å²) in [6.45, 7) is 11.1. The van der Waals surface area contributed by atoms with Gasteiger partial charge in [-0.2, -0.15) is 0 Å². The van der Waals surface area contributed by atoms with Crippen LogP contribution >= 0.6 is 0 Å². The molecule has 1 amide bonds. The molecule has 0 unspecified atom stereocenters. The molecule has 1 aromatic carbocycles. The van der Waals surface area contributed by atoms with Gasteiger partial charge in [0.2, 0.25) is 0 Å². The first kappa shape index (κ1) is 24.2. The summed E-state index contributed by atoms with van der Waals surface area (Å²) in [7, 11) is 0. The topological polar surface area (TPSA) is 67.4 Å². The van der Waals surface area contributed by atoms with Gasteiger partial charge in [0.1, 0.15) is 0 Å². The van der Waals surface area contributed by atoms with E-state index in [1.807, 2.05) is 51.4 Å². The highest BCUT2D eigenvalue weighted by molar-refractivity contribution is 5.72. The van der Waals surface area contributed by atoms with Crippen LogP contribution in [0, 0.1) is 6.92 Å². The molecule has 3 heterocycles. The van der Waals surface area contributed by atoms with Crippen LogP contribution < -0.4 is 5.32 Å². The van der Waals surface area contributed by atoms with Gasteiger partial charge in [-0.3, -0.25) is 9.97 Å². The van der Waals surface area contributed by atoms with Crippen LogP contribution in [0.2, 0.25) is 0 Å². The number of ether oxygens (including phenoxy) is 1. The lowest BCUT2D eigenvalue weighted by Crippen LogP contribution is -2.36. The van der Waals surface area contributed by atoms with E-state index in [4.69, 9.17) is 4.74 Å². The quantitative estimate of drug-likeness (QED) is 0.444. The van der Waals surface area contributed by atoms with Crippen LogP contribution in [0.5, 0.6) is 0 Å². The van der Waals surface area contributed by atoms with Crippen molar-refractivity contribution in [1.82, 2.24) is 14.9 Å². The number of allylic oxidation sites excluding steroid dienone is 1. The molecule has 3 aromatic rings. The Kier molecular flexibility index (Phi) is 7.60. The number of pyridine rings is 2. The average molecular weight is 469 g/mol. The van der Waals surface area contributed by atoms with Crippen molar-refractivity contribution in [2.45, 2.75) is 39.7 Å². The van der Waals surface area contributed by atoms with E-state index in [0.29, 0.717) is 13.1 Å². The monoisotopic (exact) mass is 468 g/mol. The molecule has 0 saturated heterocycles. The molecule has 0 saturated carbocycles. The number of hydrogen-bond acceptors (Lipinski definition) is 5. The summed E-state index contributed by atoms with van der Waals surface area (Å²) in [6.07, 6.45) is 6.84. The third-order valence-electron chi connectivity index (χ3n) is 5.82. The lowest BCUT2D eigenvalue weighted by atomic mass is 10.0. The second-order valence-electron chi connectivity index (χ2n) is 9.08. The van der Waals surface area contributed by atoms with E-state index in [0.717, 1.165) is 41.2 Å².